The number of sulfonamides is 1. The number of pyridine rings is 1. The third-order valence-corrected chi connectivity index (χ3v) is 4.97. The highest BCUT2D eigenvalue weighted by Gasteiger charge is 2.24. The van der Waals surface area contributed by atoms with Gasteiger partial charge in [-0.15, -0.1) is 0 Å². The van der Waals surface area contributed by atoms with Crippen LogP contribution >= 0.6 is 0 Å². The van der Waals surface area contributed by atoms with E-state index in [1.165, 1.54) is 12.3 Å². The lowest BCUT2D eigenvalue weighted by Gasteiger charge is -2.15. The summed E-state index contributed by atoms with van der Waals surface area (Å²) in [5.74, 6) is 0.347. The number of aryl methyl sites for hydroxylation is 1. The van der Waals surface area contributed by atoms with E-state index in [0.29, 0.717) is 11.3 Å². The molecule has 0 aliphatic rings. The Labute approximate surface area is 133 Å². The number of aliphatic hydroxyl groups excluding tert-OH is 1. The van der Waals surface area contributed by atoms with Crippen molar-refractivity contribution >= 4 is 20.9 Å². The second kappa shape index (κ2) is 6.11. The topological polar surface area (TPSA) is 92.4 Å². The summed E-state index contributed by atoms with van der Waals surface area (Å²) < 4.78 is 33.0. The van der Waals surface area contributed by atoms with Crippen LogP contribution in [-0.4, -0.2) is 25.1 Å². The van der Waals surface area contributed by atoms with Crippen molar-refractivity contribution in [1.82, 2.24) is 9.71 Å². The van der Waals surface area contributed by atoms with E-state index in [-0.39, 0.29) is 4.90 Å². The van der Waals surface area contributed by atoms with Gasteiger partial charge in [-0.25, -0.2) is 8.42 Å². The fraction of sp³-hybridized carbons (Fsp3) is 0.188. The van der Waals surface area contributed by atoms with Crippen molar-refractivity contribution in [3.8, 4) is 0 Å². The number of fused-ring (bicyclic) bond motifs is 1. The van der Waals surface area contributed by atoms with Crippen LogP contribution < -0.4 is 4.72 Å². The lowest BCUT2D eigenvalue weighted by atomic mass is 10.2. The smallest absolute Gasteiger partial charge is 0.243 e. The third-order valence-electron chi connectivity index (χ3n) is 3.47. The van der Waals surface area contributed by atoms with Crippen molar-refractivity contribution in [3.05, 3.63) is 60.2 Å². The maximum absolute atomic E-state index is 12.7. The van der Waals surface area contributed by atoms with Gasteiger partial charge in [-0.3, -0.25) is 4.98 Å². The molecular formula is C16H16N2O4S. The van der Waals surface area contributed by atoms with E-state index in [1.807, 2.05) is 19.1 Å². The molecule has 0 amide bonds. The Morgan fingerprint density at radius 3 is 2.83 bits per heavy atom. The second-order valence-electron chi connectivity index (χ2n) is 5.21. The van der Waals surface area contributed by atoms with E-state index in [1.54, 1.807) is 24.4 Å². The average molecular weight is 332 g/mol. The number of hydrogen-bond donors (Lipinski definition) is 2. The van der Waals surface area contributed by atoms with Crippen LogP contribution in [0.1, 0.15) is 17.4 Å². The van der Waals surface area contributed by atoms with Crippen molar-refractivity contribution in [2.24, 2.45) is 0 Å². The van der Waals surface area contributed by atoms with Crippen molar-refractivity contribution < 1.29 is 17.9 Å². The number of benzene rings is 1. The van der Waals surface area contributed by atoms with Gasteiger partial charge in [0.2, 0.25) is 10.0 Å². The van der Waals surface area contributed by atoms with Gasteiger partial charge in [0, 0.05) is 11.6 Å². The molecule has 0 spiro atoms. The Morgan fingerprint density at radius 2 is 2.13 bits per heavy atom. The average Bonchev–Trinajstić information content (AvgIpc) is 3.06. The van der Waals surface area contributed by atoms with Crippen molar-refractivity contribution in [1.29, 1.82) is 0 Å². The van der Waals surface area contributed by atoms with Crippen molar-refractivity contribution in [3.63, 3.8) is 0 Å². The molecule has 0 saturated carbocycles. The lowest BCUT2D eigenvalue weighted by molar-refractivity contribution is 0.242. The van der Waals surface area contributed by atoms with Gasteiger partial charge in [0.25, 0.3) is 0 Å². The molecule has 23 heavy (non-hydrogen) atoms. The summed E-state index contributed by atoms with van der Waals surface area (Å²) in [5.41, 5.74) is 1.34. The van der Waals surface area contributed by atoms with Crippen LogP contribution in [0.3, 0.4) is 0 Å². The molecule has 0 aliphatic heterocycles. The second-order valence-corrected chi connectivity index (χ2v) is 6.89. The van der Waals surface area contributed by atoms with E-state index in [9.17, 15) is 13.5 Å². The minimum Gasteiger partial charge on any atom is -0.468 e. The monoisotopic (exact) mass is 332 g/mol. The van der Waals surface area contributed by atoms with Crippen LogP contribution in [-0.2, 0) is 10.0 Å². The summed E-state index contributed by atoms with van der Waals surface area (Å²) >= 11 is 0. The van der Waals surface area contributed by atoms with E-state index >= 15 is 0 Å². The molecular weight excluding hydrogens is 316 g/mol. The highest BCUT2D eigenvalue weighted by Crippen LogP contribution is 2.24. The van der Waals surface area contributed by atoms with Gasteiger partial charge < -0.3 is 9.52 Å². The Balaban J connectivity index is 2.03. The molecule has 7 heteroatoms. The molecule has 0 fully saturated rings. The molecule has 2 aromatic heterocycles. The SMILES string of the molecule is Cc1cnc2c(S(=O)(=O)N[C@@H](CO)c3ccco3)cccc2c1. The number of aromatic nitrogens is 1. The standard InChI is InChI=1S/C16H16N2O4S/c1-11-8-12-4-2-6-15(16(12)17-9-11)23(20,21)18-13(10-19)14-5-3-7-22-14/h2-9,13,18-19H,10H2,1H3/t13-/m0/s1. The first-order valence-electron chi connectivity index (χ1n) is 7.03. The zero-order valence-corrected chi connectivity index (χ0v) is 13.2. The molecule has 120 valence electrons. The third kappa shape index (κ3) is 3.12. The van der Waals surface area contributed by atoms with Crippen molar-refractivity contribution in [2.75, 3.05) is 6.61 Å². The Morgan fingerprint density at radius 1 is 1.30 bits per heavy atom. The Kier molecular flexibility index (Phi) is 4.16. The molecule has 1 atom stereocenters. The molecule has 2 heterocycles. The predicted octanol–water partition coefficient (Wildman–Crippen LogP) is 2.15. The minimum atomic E-state index is -3.87. The lowest BCUT2D eigenvalue weighted by Crippen LogP contribution is -2.30. The van der Waals surface area contributed by atoms with Crippen LogP contribution in [0.4, 0.5) is 0 Å². The van der Waals surface area contributed by atoms with Gasteiger partial charge >= 0.3 is 0 Å². The summed E-state index contributed by atoms with van der Waals surface area (Å²) in [6.07, 6.45) is 3.05. The fourth-order valence-electron chi connectivity index (χ4n) is 2.39. The first kappa shape index (κ1) is 15.7. The van der Waals surface area contributed by atoms with E-state index in [0.717, 1.165) is 10.9 Å². The number of nitrogens with one attached hydrogen (secondary N) is 1. The molecule has 0 bridgehead atoms. The largest absolute Gasteiger partial charge is 0.468 e. The summed E-state index contributed by atoms with van der Waals surface area (Å²) in [5, 5.41) is 10.2. The molecule has 3 aromatic rings. The predicted molar refractivity (Wildman–Crippen MR) is 85.3 cm³/mol. The zero-order valence-electron chi connectivity index (χ0n) is 12.4. The van der Waals surface area contributed by atoms with Crippen LogP contribution in [0, 0.1) is 6.92 Å². The maximum Gasteiger partial charge on any atom is 0.243 e. The van der Waals surface area contributed by atoms with Gasteiger partial charge in [-0.1, -0.05) is 12.1 Å². The van der Waals surface area contributed by atoms with Gasteiger partial charge in [0.05, 0.1) is 18.4 Å². The van der Waals surface area contributed by atoms with E-state index < -0.39 is 22.7 Å². The van der Waals surface area contributed by atoms with Gasteiger partial charge in [0.15, 0.2) is 0 Å². The van der Waals surface area contributed by atoms with Gasteiger partial charge in [-0.05, 0) is 36.8 Å². The number of hydrogen-bond acceptors (Lipinski definition) is 5. The molecule has 0 unspecified atom stereocenters. The highest BCUT2D eigenvalue weighted by molar-refractivity contribution is 7.89. The number of para-hydroxylation sites is 1. The van der Waals surface area contributed by atoms with Crippen molar-refractivity contribution in [2.45, 2.75) is 17.9 Å². The van der Waals surface area contributed by atoms with Crippen LogP contribution in [0.25, 0.3) is 10.9 Å². The number of rotatable bonds is 5. The van der Waals surface area contributed by atoms with Crippen LogP contribution in [0.5, 0.6) is 0 Å². The zero-order chi connectivity index (χ0) is 16.4. The van der Waals surface area contributed by atoms with Crippen LogP contribution in [0.15, 0.2) is 58.2 Å². The highest BCUT2D eigenvalue weighted by atomic mass is 32.2. The first-order chi connectivity index (χ1) is 11.0. The summed E-state index contributed by atoms with van der Waals surface area (Å²) in [6, 6.07) is 9.23. The normalized spacial score (nSPS) is 13.3. The molecule has 6 nitrogen and oxygen atoms in total. The number of aliphatic hydroxyl groups is 1. The summed E-state index contributed by atoms with van der Waals surface area (Å²) in [4.78, 5) is 4.31. The molecule has 1 aromatic carbocycles. The van der Waals surface area contributed by atoms with E-state index in [4.69, 9.17) is 4.42 Å². The van der Waals surface area contributed by atoms with E-state index in [2.05, 4.69) is 9.71 Å². The molecule has 2 N–H and O–H groups in total. The minimum absolute atomic E-state index is 0.0695. The number of furan rings is 1. The summed E-state index contributed by atoms with van der Waals surface area (Å²) in [6.45, 7) is 1.48. The van der Waals surface area contributed by atoms with Crippen LogP contribution in [0.2, 0.25) is 0 Å². The number of nitrogens with zero attached hydrogens (tertiary/aromatic N) is 1. The Bertz CT molecular complexity index is 920. The molecule has 0 radical (unpaired) electrons. The van der Waals surface area contributed by atoms with Gasteiger partial charge in [-0.2, -0.15) is 4.72 Å². The Hall–Kier alpha value is -2.22. The maximum atomic E-state index is 12.7. The summed E-state index contributed by atoms with van der Waals surface area (Å²) in [7, 11) is -3.87. The molecule has 0 aliphatic carbocycles. The quantitative estimate of drug-likeness (QED) is 0.747. The fourth-order valence-corrected chi connectivity index (χ4v) is 3.76. The van der Waals surface area contributed by atoms with Gasteiger partial charge in [0.1, 0.15) is 16.7 Å². The molecule has 3 rings (SSSR count). The first-order valence-corrected chi connectivity index (χ1v) is 8.51. The molecule has 0 saturated heterocycles.